The van der Waals surface area contributed by atoms with Crippen molar-refractivity contribution < 1.29 is 17.9 Å². The number of hydrogen-bond acceptors (Lipinski definition) is 7. The zero-order valence-corrected chi connectivity index (χ0v) is 19.3. The van der Waals surface area contributed by atoms with Crippen LogP contribution in [0.2, 0.25) is 0 Å². The lowest BCUT2D eigenvalue weighted by Gasteiger charge is -2.25. The van der Waals surface area contributed by atoms with Gasteiger partial charge in [0.1, 0.15) is 10.8 Å². The Hall–Kier alpha value is -2.69. The number of sulfonamides is 1. The number of carbonyl (C=O) groups excluding carboxylic acids is 1. The number of piperidine rings is 1. The van der Waals surface area contributed by atoms with Gasteiger partial charge in [-0.05, 0) is 55.3 Å². The Morgan fingerprint density at radius 1 is 1.09 bits per heavy atom. The van der Waals surface area contributed by atoms with Gasteiger partial charge in [0, 0.05) is 18.8 Å². The number of nitrogens with zero attached hydrogens (tertiary/aromatic N) is 3. The molecule has 1 aliphatic heterocycles. The van der Waals surface area contributed by atoms with Crippen molar-refractivity contribution in [1.29, 1.82) is 0 Å². The standard InChI is InChI=1S/C22H24N4O4S2/c1-30-17-7-5-16(6-8-17)24-21(27)15-31-22-14-23-20-13-18(9-10-19(20)25-22)32(28,29)26-11-3-2-4-12-26/h5-10,13-14H,2-4,11-12,15H2,1H3,(H,24,27). The first-order valence-electron chi connectivity index (χ1n) is 10.3. The van der Waals surface area contributed by atoms with E-state index in [0.717, 1.165) is 25.0 Å². The molecule has 0 atom stereocenters. The molecule has 1 aromatic heterocycles. The highest BCUT2D eigenvalue weighted by molar-refractivity contribution is 7.99. The van der Waals surface area contributed by atoms with E-state index in [9.17, 15) is 13.2 Å². The first-order valence-corrected chi connectivity index (χ1v) is 12.7. The minimum absolute atomic E-state index is 0.162. The predicted octanol–water partition coefficient (Wildman–Crippen LogP) is 3.54. The number of rotatable bonds is 7. The van der Waals surface area contributed by atoms with Crippen molar-refractivity contribution in [2.45, 2.75) is 29.2 Å². The van der Waals surface area contributed by atoms with Crippen LogP contribution in [0, 0.1) is 0 Å². The number of hydrogen-bond donors (Lipinski definition) is 1. The first-order chi connectivity index (χ1) is 15.5. The molecule has 8 nitrogen and oxygen atoms in total. The number of fused-ring (bicyclic) bond motifs is 1. The Morgan fingerprint density at radius 2 is 1.84 bits per heavy atom. The Morgan fingerprint density at radius 3 is 2.56 bits per heavy atom. The Bertz CT molecular complexity index is 1210. The maximum atomic E-state index is 12.9. The van der Waals surface area contributed by atoms with Crippen LogP contribution in [0.5, 0.6) is 5.75 Å². The second kappa shape index (κ2) is 9.85. The number of anilines is 1. The zero-order chi connectivity index (χ0) is 22.6. The molecular formula is C22H24N4O4S2. The molecule has 168 valence electrons. The van der Waals surface area contributed by atoms with Crippen molar-refractivity contribution in [3.05, 3.63) is 48.7 Å². The van der Waals surface area contributed by atoms with E-state index < -0.39 is 10.0 Å². The third-order valence-electron chi connectivity index (χ3n) is 5.17. The maximum absolute atomic E-state index is 12.9. The summed E-state index contributed by atoms with van der Waals surface area (Å²) in [6, 6.07) is 11.9. The van der Waals surface area contributed by atoms with E-state index in [1.807, 2.05) is 0 Å². The summed E-state index contributed by atoms with van der Waals surface area (Å²) in [6.07, 6.45) is 4.40. The van der Waals surface area contributed by atoms with E-state index in [1.54, 1.807) is 55.8 Å². The van der Waals surface area contributed by atoms with E-state index >= 15 is 0 Å². The molecule has 1 fully saturated rings. The van der Waals surface area contributed by atoms with Gasteiger partial charge in [0.15, 0.2) is 0 Å². The number of nitrogens with one attached hydrogen (secondary N) is 1. The highest BCUT2D eigenvalue weighted by Crippen LogP contribution is 2.24. The number of amides is 1. The quantitative estimate of drug-likeness (QED) is 0.525. The van der Waals surface area contributed by atoms with E-state index in [1.165, 1.54) is 16.1 Å². The van der Waals surface area contributed by atoms with Gasteiger partial charge in [-0.1, -0.05) is 18.2 Å². The highest BCUT2D eigenvalue weighted by Gasteiger charge is 2.26. The average molecular weight is 473 g/mol. The second-order valence-electron chi connectivity index (χ2n) is 7.39. The van der Waals surface area contributed by atoms with Gasteiger partial charge in [-0.2, -0.15) is 4.31 Å². The van der Waals surface area contributed by atoms with Gasteiger partial charge >= 0.3 is 0 Å². The fraction of sp³-hybridized carbons (Fsp3) is 0.318. The number of ether oxygens (including phenoxy) is 1. The van der Waals surface area contributed by atoms with Crippen molar-refractivity contribution in [1.82, 2.24) is 14.3 Å². The third kappa shape index (κ3) is 5.20. The summed E-state index contributed by atoms with van der Waals surface area (Å²) in [7, 11) is -1.93. The summed E-state index contributed by atoms with van der Waals surface area (Å²) >= 11 is 1.27. The molecule has 10 heteroatoms. The summed E-state index contributed by atoms with van der Waals surface area (Å²) in [6.45, 7) is 1.11. The zero-order valence-electron chi connectivity index (χ0n) is 17.7. The number of thioether (sulfide) groups is 1. The van der Waals surface area contributed by atoms with Gasteiger partial charge in [0.25, 0.3) is 0 Å². The second-order valence-corrected chi connectivity index (χ2v) is 10.3. The van der Waals surface area contributed by atoms with Crippen molar-refractivity contribution in [2.24, 2.45) is 0 Å². The summed E-state index contributed by atoms with van der Waals surface area (Å²) in [5.41, 5.74) is 1.78. The molecule has 4 rings (SSSR count). The molecular weight excluding hydrogens is 448 g/mol. The van der Waals surface area contributed by atoms with Gasteiger partial charge in [0.2, 0.25) is 15.9 Å². The van der Waals surface area contributed by atoms with Crippen molar-refractivity contribution in [3.8, 4) is 5.75 Å². The molecule has 3 aromatic rings. The highest BCUT2D eigenvalue weighted by atomic mass is 32.2. The molecule has 0 unspecified atom stereocenters. The number of carbonyl (C=O) groups is 1. The van der Waals surface area contributed by atoms with Crippen molar-refractivity contribution >= 4 is 44.4 Å². The molecule has 0 aliphatic carbocycles. The first kappa shape index (κ1) is 22.5. The fourth-order valence-electron chi connectivity index (χ4n) is 3.47. The Balaban J connectivity index is 1.41. The molecule has 2 heterocycles. The van der Waals surface area contributed by atoms with E-state index in [2.05, 4.69) is 15.3 Å². The molecule has 1 saturated heterocycles. The third-order valence-corrected chi connectivity index (χ3v) is 7.96. The lowest BCUT2D eigenvalue weighted by molar-refractivity contribution is -0.113. The molecule has 0 saturated carbocycles. The minimum Gasteiger partial charge on any atom is -0.497 e. The van der Waals surface area contributed by atoms with Crippen LogP contribution in [0.4, 0.5) is 5.69 Å². The summed E-state index contributed by atoms with van der Waals surface area (Å²) in [4.78, 5) is 21.3. The van der Waals surface area contributed by atoms with Crippen LogP contribution in [0.3, 0.4) is 0 Å². The number of benzene rings is 2. The van der Waals surface area contributed by atoms with Crippen LogP contribution >= 0.6 is 11.8 Å². The molecule has 2 aromatic carbocycles. The van der Waals surface area contributed by atoms with Crippen LogP contribution in [-0.4, -0.2) is 54.6 Å². The molecule has 1 aliphatic rings. The molecule has 0 spiro atoms. The maximum Gasteiger partial charge on any atom is 0.243 e. The monoisotopic (exact) mass is 472 g/mol. The summed E-state index contributed by atoms with van der Waals surface area (Å²) in [5, 5.41) is 3.41. The van der Waals surface area contributed by atoms with Crippen LogP contribution < -0.4 is 10.1 Å². The summed E-state index contributed by atoms with van der Waals surface area (Å²) < 4.78 is 32.4. The summed E-state index contributed by atoms with van der Waals surface area (Å²) in [5.74, 6) is 0.730. The SMILES string of the molecule is COc1ccc(NC(=O)CSc2cnc3cc(S(=O)(=O)N4CCCCC4)ccc3n2)cc1. The van der Waals surface area contributed by atoms with Crippen LogP contribution in [0.1, 0.15) is 19.3 Å². The predicted molar refractivity (Wildman–Crippen MR) is 124 cm³/mol. The van der Waals surface area contributed by atoms with Gasteiger partial charge in [0.05, 0.1) is 35.0 Å². The lowest BCUT2D eigenvalue weighted by atomic mass is 10.2. The molecule has 0 bridgehead atoms. The molecule has 1 N–H and O–H groups in total. The van der Waals surface area contributed by atoms with Crippen LogP contribution in [0.15, 0.2) is 58.6 Å². The van der Waals surface area contributed by atoms with Gasteiger partial charge in [-0.15, -0.1) is 0 Å². The van der Waals surface area contributed by atoms with E-state index in [0.29, 0.717) is 34.8 Å². The lowest BCUT2D eigenvalue weighted by Crippen LogP contribution is -2.35. The normalized spacial score (nSPS) is 14.9. The smallest absolute Gasteiger partial charge is 0.243 e. The van der Waals surface area contributed by atoms with Crippen LogP contribution in [0.25, 0.3) is 11.0 Å². The minimum atomic E-state index is -3.52. The number of methoxy groups -OCH3 is 1. The van der Waals surface area contributed by atoms with Crippen molar-refractivity contribution in [2.75, 3.05) is 31.3 Å². The topological polar surface area (TPSA) is 101 Å². The fourth-order valence-corrected chi connectivity index (χ4v) is 5.65. The van der Waals surface area contributed by atoms with Crippen LogP contribution in [-0.2, 0) is 14.8 Å². The largest absolute Gasteiger partial charge is 0.497 e. The molecule has 32 heavy (non-hydrogen) atoms. The van der Waals surface area contributed by atoms with E-state index in [-0.39, 0.29) is 16.6 Å². The van der Waals surface area contributed by atoms with Gasteiger partial charge in [-0.25, -0.2) is 13.4 Å². The molecule has 1 amide bonds. The molecule has 0 radical (unpaired) electrons. The number of aromatic nitrogens is 2. The Kier molecular flexibility index (Phi) is 6.92. The van der Waals surface area contributed by atoms with Crippen molar-refractivity contribution in [3.63, 3.8) is 0 Å². The van der Waals surface area contributed by atoms with Gasteiger partial charge < -0.3 is 10.1 Å². The van der Waals surface area contributed by atoms with E-state index in [4.69, 9.17) is 4.74 Å². The average Bonchev–Trinajstić information content (AvgIpc) is 2.83. The Labute approximate surface area is 191 Å². The van der Waals surface area contributed by atoms with Gasteiger partial charge in [-0.3, -0.25) is 9.78 Å².